The van der Waals surface area contributed by atoms with Gasteiger partial charge in [0, 0.05) is 13.0 Å². The number of sulfone groups is 1. The van der Waals surface area contributed by atoms with Crippen molar-refractivity contribution in [2.24, 2.45) is 4.99 Å². The number of amides is 1. The Labute approximate surface area is 106 Å². The molecule has 1 unspecified atom stereocenters. The Kier molecular flexibility index (Phi) is 3.73. The molecule has 1 saturated heterocycles. The highest BCUT2D eigenvalue weighted by atomic mass is 35.5. The Hall–Kier alpha value is -0.620. The van der Waals surface area contributed by atoms with Crippen LogP contribution < -0.4 is 0 Å². The molecule has 1 atom stereocenters. The molecule has 96 valence electrons. The van der Waals surface area contributed by atoms with Crippen LogP contribution in [0.1, 0.15) is 19.3 Å². The van der Waals surface area contributed by atoms with Crippen LogP contribution in [0.15, 0.2) is 4.99 Å². The van der Waals surface area contributed by atoms with E-state index in [4.69, 9.17) is 11.6 Å². The van der Waals surface area contributed by atoms with E-state index >= 15 is 0 Å². The van der Waals surface area contributed by atoms with Crippen LogP contribution >= 0.6 is 11.6 Å². The molecule has 0 saturated carbocycles. The van der Waals surface area contributed by atoms with Crippen molar-refractivity contribution >= 4 is 33.2 Å². The number of amidine groups is 1. The van der Waals surface area contributed by atoms with E-state index in [1.54, 1.807) is 0 Å². The number of carbonyl (C=O) groups excluding carboxylic acids is 1. The van der Waals surface area contributed by atoms with E-state index in [-0.39, 0.29) is 29.3 Å². The fraction of sp³-hybridized carbons (Fsp3) is 0.800. The topological polar surface area (TPSA) is 66.8 Å². The predicted molar refractivity (Wildman–Crippen MR) is 66.2 cm³/mol. The zero-order valence-electron chi connectivity index (χ0n) is 9.43. The summed E-state index contributed by atoms with van der Waals surface area (Å²) in [5.74, 6) is 0.522. The molecular weight excluding hydrogens is 264 g/mol. The summed E-state index contributed by atoms with van der Waals surface area (Å²) in [5.41, 5.74) is 0. The lowest BCUT2D eigenvalue weighted by molar-refractivity contribution is -0.126. The molecule has 1 amide bonds. The molecular formula is C10H15ClN2O3S. The summed E-state index contributed by atoms with van der Waals surface area (Å²) in [6, 6.07) is -0.275. The predicted octanol–water partition coefficient (Wildman–Crippen LogP) is 0.433. The minimum absolute atomic E-state index is 0.0364. The standard InChI is InChI=1S/C10H15ClN2O3S/c11-6-10(14)13(9-2-1-4-12-9)8-3-5-17(15,16)7-8/h8H,1-7H2. The number of nitrogens with zero attached hydrogens (tertiary/aromatic N) is 2. The first-order chi connectivity index (χ1) is 8.03. The lowest BCUT2D eigenvalue weighted by Crippen LogP contribution is -2.45. The van der Waals surface area contributed by atoms with Crippen LogP contribution in [-0.4, -0.2) is 55.0 Å². The second-order valence-corrected chi connectivity index (χ2v) is 6.85. The van der Waals surface area contributed by atoms with Crippen molar-refractivity contribution in [3.05, 3.63) is 0 Å². The SMILES string of the molecule is O=C(CCl)N(C1=NCCC1)C1CCS(=O)(=O)C1. The van der Waals surface area contributed by atoms with Crippen molar-refractivity contribution in [2.45, 2.75) is 25.3 Å². The van der Waals surface area contributed by atoms with E-state index in [0.29, 0.717) is 18.8 Å². The first-order valence-electron chi connectivity index (χ1n) is 5.65. The lowest BCUT2D eigenvalue weighted by atomic mass is 10.2. The minimum Gasteiger partial charge on any atom is -0.295 e. The summed E-state index contributed by atoms with van der Waals surface area (Å²) in [5, 5.41) is 0. The Morgan fingerprint density at radius 1 is 1.53 bits per heavy atom. The van der Waals surface area contributed by atoms with Crippen molar-refractivity contribution in [3.8, 4) is 0 Å². The fourth-order valence-corrected chi connectivity index (χ4v) is 4.15. The third-order valence-electron chi connectivity index (χ3n) is 3.09. The molecule has 0 aromatic carbocycles. The number of alkyl halides is 1. The molecule has 0 radical (unpaired) electrons. The van der Waals surface area contributed by atoms with Gasteiger partial charge in [-0.1, -0.05) is 0 Å². The van der Waals surface area contributed by atoms with Gasteiger partial charge in [-0.15, -0.1) is 11.6 Å². The molecule has 2 aliphatic heterocycles. The Balaban J connectivity index is 2.19. The van der Waals surface area contributed by atoms with E-state index in [9.17, 15) is 13.2 Å². The first-order valence-corrected chi connectivity index (χ1v) is 8.01. The molecule has 0 spiro atoms. The normalized spacial score (nSPS) is 26.9. The number of hydrogen-bond donors (Lipinski definition) is 0. The van der Waals surface area contributed by atoms with Crippen LogP contribution in [0, 0.1) is 0 Å². The van der Waals surface area contributed by atoms with Crippen LogP contribution in [-0.2, 0) is 14.6 Å². The van der Waals surface area contributed by atoms with E-state index in [2.05, 4.69) is 4.99 Å². The Morgan fingerprint density at radius 2 is 2.29 bits per heavy atom. The molecule has 0 aliphatic carbocycles. The summed E-state index contributed by atoms with van der Waals surface area (Å²) in [6.45, 7) is 0.709. The Bertz CT molecular complexity index is 446. The molecule has 0 bridgehead atoms. The number of aliphatic imine (C=N–C) groups is 1. The van der Waals surface area contributed by atoms with Gasteiger partial charge in [0.25, 0.3) is 0 Å². The van der Waals surface area contributed by atoms with Gasteiger partial charge in [0.2, 0.25) is 5.91 Å². The van der Waals surface area contributed by atoms with Crippen LogP contribution in [0.5, 0.6) is 0 Å². The lowest BCUT2D eigenvalue weighted by Gasteiger charge is -2.27. The molecule has 7 heteroatoms. The van der Waals surface area contributed by atoms with Gasteiger partial charge in [-0.05, 0) is 12.8 Å². The molecule has 0 N–H and O–H groups in total. The van der Waals surface area contributed by atoms with Crippen LogP contribution in [0.3, 0.4) is 0 Å². The summed E-state index contributed by atoms with van der Waals surface area (Å²) in [4.78, 5) is 17.6. The molecule has 2 heterocycles. The highest BCUT2D eigenvalue weighted by Gasteiger charge is 2.37. The van der Waals surface area contributed by atoms with Gasteiger partial charge in [0.1, 0.15) is 11.7 Å². The first kappa shape index (κ1) is 12.8. The zero-order chi connectivity index (χ0) is 12.5. The monoisotopic (exact) mass is 278 g/mol. The molecule has 0 aromatic rings. The van der Waals surface area contributed by atoms with Gasteiger partial charge in [-0.2, -0.15) is 0 Å². The van der Waals surface area contributed by atoms with Gasteiger partial charge in [-0.3, -0.25) is 14.7 Å². The maximum atomic E-state index is 11.8. The van der Waals surface area contributed by atoms with Crippen molar-refractivity contribution in [1.29, 1.82) is 0 Å². The average molecular weight is 279 g/mol. The van der Waals surface area contributed by atoms with E-state index < -0.39 is 9.84 Å². The van der Waals surface area contributed by atoms with Gasteiger partial charge in [0.15, 0.2) is 9.84 Å². The van der Waals surface area contributed by atoms with Gasteiger partial charge in [0.05, 0.1) is 17.5 Å². The highest BCUT2D eigenvalue weighted by Crippen LogP contribution is 2.21. The smallest absolute Gasteiger partial charge is 0.243 e. The zero-order valence-corrected chi connectivity index (χ0v) is 11.0. The average Bonchev–Trinajstić information content (AvgIpc) is 2.89. The summed E-state index contributed by atoms with van der Waals surface area (Å²) in [6.07, 6.45) is 2.14. The third kappa shape index (κ3) is 2.80. The fourth-order valence-electron chi connectivity index (χ4n) is 2.32. The second kappa shape index (κ2) is 4.94. The molecule has 5 nitrogen and oxygen atoms in total. The highest BCUT2D eigenvalue weighted by molar-refractivity contribution is 7.91. The molecule has 2 aliphatic rings. The molecule has 0 aromatic heterocycles. The second-order valence-electron chi connectivity index (χ2n) is 4.36. The Morgan fingerprint density at radius 3 is 2.76 bits per heavy atom. The number of hydrogen-bond acceptors (Lipinski definition) is 4. The summed E-state index contributed by atoms with van der Waals surface area (Å²) in [7, 11) is -3.00. The summed E-state index contributed by atoms with van der Waals surface area (Å²) < 4.78 is 22.9. The van der Waals surface area contributed by atoms with Gasteiger partial charge >= 0.3 is 0 Å². The van der Waals surface area contributed by atoms with Crippen LogP contribution in [0.4, 0.5) is 0 Å². The molecule has 1 fully saturated rings. The molecule has 2 rings (SSSR count). The van der Waals surface area contributed by atoms with Gasteiger partial charge < -0.3 is 0 Å². The van der Waals surface area contributed by atoms with E-state index in [0.717, 1.165) is 12.8 Å². The number of halogens is 1. The van der Waals surface area contributed by atoms with Gasteiger partial charge in [-0.25, -0.2) is 8.42 Å². The number of carbonyl (C=O) groups is 1. The summed E-state index contributed by atoms with van der Waals surface area (Å²) >= 11 is 5.58. The van der Waals surface area contributed by atoms with E-state index in [1.807, 2.05) is 0 Å². The maximum Gasteiger partial charge on any atom is 0.243 e. The van der Waals surface area contributed by atoms with Crippen molar-refractivity contribution < 1.29 is 13.2 Å². The molecule has 17 heavy (non-hydrogen) atoms. The number of rotatable bonds is 2. The third-order valence-corrected chi connectivity index (χ3v) is 5.07. The van der Waals surface area contributed by atoms with Crippen LogP contribution in [0.25, 0.3) is 0 Å². The minimum atomic E-state index is -3.00. The maximum absolute atomic E-state index is 11.8. The van der Waals surface area contributed by atoms with E-state index in [1.165, 1.54) is 4.90 Å². The largest absolute Gasteiger partial charge is 0.295 e. The quantitative estimate of drug-likeness (QED) is 0.688. The van der Waals surface area contributed by atoms with Crippen molar-refractivity contribution in [1.82, 2.24) is 4.90 Å². The van der Waals surface area contributed by atoms with Crippen molar-refractivity contribution in [2.75, 3.05) is 23.9 Å². The van der Waals surface area contributed by atoms with Crippen molar-refractivity contribution in [3.63, 3.8) is 0 Å². The van der Waals surface area contributed by atoms with Crippen LogP contribution in [0.2, 0.25) is 0 Å².